The molecule has 1 heterocycles. The molecule has 6 heteroatoms. The number of carbonyl (C=O) groups is 1. The van der Waals surface area contributed by atoms with Crippen LogP contribution < -0.4 is 11.1 Å². The molecule has 0 radical (unpaired) electrons. The number of anilines is 1. The number of aromatic hydroxyl groups is 1. The predicted octanol–water partition coefficient (Wildman–Crippen LogP) is 2.77. The maximum absolute atomic E-state index is 11.9. The number of nitrogen functional groups attached to an aromatic ring is 1. The van der Waals surface area contributed by atoms with Gasteiger partial charge in [-0.05, 0) is 46.6 Å². The Balaban J connectivity index is 1.93. The Kier molecular flexibility index (Phi) is 4.44. The molecule has 2 rings (SSSR count). The van der Waals surface area contributed by atoms with Crippen molar-refractivity contribution in [2.24, 2.45) is 0 Å². The van der Waals surface area contributed by atoms with E-state index in [0.29, 0.717) is 6.54 Å². The molecule has 100 valence electrons. The molecule has 0 aliphatic rings. The van der Waals surface area contributed by atoms with Crippen molar-refractivity contribution in [1.82, 2.24) is 5.32 Å². The second-order valence-electron chi connectivity index (χ2n) is 3.96. The van der Waals surface area contributed by atoms with E-state index >= 15 is 0 Å². The zero-order valence-corrected chi connectivity index (χ0v) is 12.4. The number of phenols is 1. The lowest BCUT2D eigenvalue weighted by atomic mass is 10.1. The van der Waals surface area contributed by atoms with Crippen molar-refractivity contribution in [2.75, 3.05) is 12.3 Å². The van der Waals surface area contributed by atoms with Crippen LogP contribution in [-0.2, 0) is 6.42 Å². The van der Waals surface area contributed by atoms with Gasteiger partial charge in [0.2, 0.25) is 0 Å². The lowest BCUT2D eigenvalue weighted by Crippen LogP contribution is -2.25. The Hall–Kier alpha value is -1.53. The minimum atomic E-state index is -0.319. The summed E-state index contributed by atoms with van der Waals surface area (Å²) >= 11 is 5.03. The molecule has 2 aromatic rings. The van der Waals surface area contributed by atoms with Crippen LogP contribution in [0.1, 0.15) is 15.2 Å². The molecule has 4 nitrogen and oxygen atoms in total. The topological polar surface area (TPSA) is 75.4 Å². The number of amides is 1. The van der Waals surface area contributed by atoms with E-state index in [1.165, 1.54) is 4.88 Å². The maximum atomic E-state index is 11.9. The molecular weight excluding hydrogens is 328 g/mol. The fourth-order valence-electron chi connectivity index (χ4n) is 1.63. The quantitative estimate of drug-likeness (QED) is 0.591. The number of carbonyl (C=O) groups excluding carboxylic acids is 1. The summed E-state index contributed by atoms with van der Waals surface area (Å²) in [7, 11) is 0. The molecular formula is C13H13BrN2O2S. The van der Waals surface area contributed by atoms with E-state index in [9.17, 15) is 9.90 Å². The van der Waals surface area contributed by atoms with Gasteiger partial charge in [-0.15, -0.1) is 11.3 Å². The fourth-order valence-corrected chi connectivity index (χ4v) is 3.11. The summed E-state index contributed by atoms with van der Waals surface area (Å²) < 4.78 is 1.07. The van der Waals surface area contributed by atoms with Gasteiger partial charge in [0.05, 0.1) is 15.0 Å². The van der Waals surface area contributed by atoms with E-state index in [0.717, 1.165) is 10.2 Å². The van der Waals surface area contributed by atoms with Crippen LogP contribution >= 0.6 is 27.3 Å². The van der Waals surface area contributed by atoms with Crippen molar-refractivity contribution in [3.05, 3.63) is 44.6 Å². The van der Waals surface area contributed by atoms with Gasteiger partial charge in [-0.3, -0.25) is 4.79 Å². The second-order valence-corrected chi connectivity index (χ2v) is 6.50. The van der Waals surface area contributed by atoms with Crippen molar-refractivity contribution < 1.29 is 9.90 Å². The predicted molar refractivity (Wildman–Crippen MR) is 80.6 cm³/mol. The Bertz CT molecular complexity index is 598. The van der Waals surface area contributed by atoms with Crippen LogP contribution in [0, 0.1) is 0 Å². The number of nitrogens with one attached hydrogen (secondary N) is 1. The van der Waals surface area contributed by atoms with Gasteiger partial charge in [-0.2, -0.15) is 0 Å². The summed E-state index contributed by atoms with van der Waals surface area (Å²) in [6.07, 6.45) is 0.755. The smallest absolute Gasteiger partial charge is 0.255 e. The second kappa shape index (κ2) is 6.08. The van der Waals surface area contributed by atoms with Crippen molar-refractivity contribution >= 4 is 38.9 Å². The first-order valence-electron chi connectivity index (χ1n) is 5.68. The first-order chi connectivity index (χ1) is 9.08. The Morgan fingerprint density at radius 3 is 2.84 bits per heavy atom. The number of benzene rings is 1. The molecule has 19 heavy (non-hydrogen) atoms. The summed E-state index contributed by atoms with van der Waals surface area (Å²) in [6.45, 7) is 0.514. The molecule has 0 unspecified atom stereocenters. The zero-order chi connectivity index (χ0) is 13.8. The van der Waals surface area contributed by atoms with Crippen LogP contribution in [0.2, 0.25) is 0 Å². The van der Waals surface area contributed by atoms with Gasteiger partial charge in [-0.25, -0.2) is 0 Å². The highest BCUT2D eigenvalue weighted by Crippen LogP contribution is 2.24. The summed E-state index contributed by atoms with van der Waals surface area (Å²) in [5.74, 6) is -0.487. The van der Waals surface area contributed by atoms with E-state index in [4.69, 9.17) is 5.73 Å². The van der Waals surface area contributed by atoms with Crippen LogP contribution in [0.3, 0.4) is 0 Å². The summed E-state index contributed by atoms with van der Waals surface area (Å²) in [5, 5.41) is 12.5. The average Bonchev–Trinajstić information content (AvgIpc) is 2.78. The van der Waals surface area contributed by atoms with Gasteiger partial charge in [0.25, 0.3) is 5.91 Å². The third-order valence-electron chi connectivity index (χ3n) is 2.60. The lowest BCUT2D eigenvalue weighted by molar-refractivity contribution is 0.0951. The molecule has 0 fully saturated rings. The first-order valence-corrected chi connectivity index (χ1v) is 7.28. The van der Waals surface area contributed by atoms with E-state index in [1.54, 1.807) is 29.5 Å². The Morgan fingerprint density at radius 1 is 1.37 bits per heavy atom. The molecule has 0 aliphatic carbocycles. The van der Waals surface area contributed by atoms with Crippen molar-refractivity contribution in [1.29, 1.82) is 0 Å². The molecule has 0 saturated carbocycles. The minimum Gasteiger partial charge on any atom is -0.505 e. The monoisotopic (exact) mass is 340 g/mol. The normalized spacial score (nSPS) is 10.4. The largest absolute Gasteiger partial charge is 0.505 e. The Morgan fingerprint density at radius 2 is 2.16 bits per heavy atom. The zero-order valence-electron chi connectivity index (χ0n) is 10.0. The van der Waals surface area contributed by atoms with Gasteiger partial charge >= 0.3 is 0 Å². The lowest BCUT2D eigenvalue weighted by Gasteiger charge is -2.07. The number of rotatable bonds is 4. The number of hydrogen-bond donors (Lipinski definition) is 3. The van der Waals surface area contributed by atoms with E-state index in [-0.39, 0.29) is 22.9 Å². The standard InChI is InChI=1S/C13H13BrN2O2S/c14-11-5-4-8(19-11)6-7-16-13(18)9-2-1-3-10(15)12(9)17/h1-5,17H,6-7,15H2,(H,16,18). The molecule has 1 amide bonds. The van der Waals surface area contributed by atoms with Gasteiger partial charge < -0.3 is 16.2 Å². The van der Waals surface area contributed by atoms with Crippen LogP contribution in [0.5, 0.6) is 5.75 Å². The molecule has 1 aromatic heterocycles. The van der Waals surface area contributed by atoms with Gasteiger partial charge in [-0.1, -0.05) is 6.07 Å². The third kappa shape index (κ3) is 3.48. The number of halogens is 1. The molecule has 0 saturated heterocycles. The summed E-state index contributed by atoms with van der Waals surface area (Å²) in [6, 6.07) is 8.73. The summed E-state index contributed by atoms with van der Waals surface area (Å²) in [4.78, 5) is 13.1. The molecule has 1 aromatic carbocycles. The third-order valence-corrected chi connectivity index (χ3v) is 4.28. The fraction of sp³-hybridized carbons (Fsp3) is 0.154. The number of para-hydroxylation sites is 1. The molecule has 0 bridgehead atoms. The van der Waals surface area contributed by atoms with Crippen LogP contribution in [0.4, 0.5) is 5.69 Å². The SMILES string of the molecule is Nc1cccc(C(=O)NCCc2ccc(Br)s2)c1O. The number of phenolic OH excluding ortho intramolecular Hbond substituents is 1. The van der Waals surface area contributed by atoms with Crippen molar-refractivity contribution in [3.8, 4) is 5.75 Å². The van der Waals surface area contributed by atoms with Crippen molar-refractivity contribution in [2.45, 2.75) is 6.42 Å². The average molecular weight is 341 g/mol. The molecule has 4 N–H and O–H groups in total. The van der Waals surface area contributed by atoms with Crippen LogP contribution in [-0.4, -0.2) is 17.6 Å². The van der Waals surface area contributed by atoms with E-state index in [2.05, 4.69) is 21.2 Å². The van der Waals surface area contributed by atoms with Crippen LogP contribution in [0.25, 0.3) is 0 Å². The first kappa shape index (κ1) is 13.9. The van der Waals surface area contributed by atoms with Crippen LogP contribution in [0.15, 0.2) is 34.1 Å². The maximum Gasteiger partial charge on any atom is 0.255 e. The molecule has 0 spiro atoms. The van der Waals surface area contributed by atoms with Gasteiger partial charge in [0.15, 0.2) is 5.75 Å². The van der Waals surface area contributed by atoms with E-state index < -0.39 is 0 Å². The highest BCUT2D eigenvalue weighted by molar-refractivity contribution is 9.11. The van der Waals surface area contributed by atoms with E-state index in [1.807, 2.05) is 12.1 Å². The van der Waals surface area contributed by atoms with Crippen molar-refractivity contribution in [3.63, 3.8) is 0 Å². The highest BCUT2D eigenvalue weighted by Gasteiger charge is 2.12. The molecule has 0 atom stereocenters. The van der Waals surface area contributed by atoms with Gasteiger partial charge in [0, 0.05) is 11.4 Å². The number of nitrogens with two attached hydrogens (primary N) is 1. The minimum absolute atomic E-state index is 0.168. The Labute approximate surface area is 123 Å². The van der Waals surface area contributed by atoms with Gasteiger partial charge in [0.1, 0.15) is 0 Å². The molecule has 0 aliphatic heterocycles. The highest BCUT2D eigenvalue weighted by atomic mass is 79.9. The summed E-state index contributed by atoms with van der Waals surface area (Å²) in [5.41, 5.74) is 5.95. The number of thiophene rings is 1. The number of hydrogen-bond acceptors (Lipinski definition) is 4.